The Bertz CT molecular complexity index is 684. The molecule has 138 valence electrons. The number of hydrogen-bond donors (Lipinski definition) is 0. The van der Waals surface area contributed by atoms with Crippen LogP contribution in [0.5, 0.6) is 0 Å². The van der Waals surface area contributed by atoms with Crippen molar-refractivity contribution in [2.75, 3.05) is 26.4 Å². The molecule has 6 heteroatoms. The first-order valence-electron chi connectivity index (χ1n) is 8.49. The third-order valence-corrected chi connectivity index (χ3v) is 4.12. The van der Waals surface area contributed by atoms with E-state index in [0.29, 0.717) is 61.6 Å². The van der Waals surface area contributed by atoms with E-state index < -0.39 is 0 Å². The highest BCUT2D eigenvalue weighted by atomic mass is 16.5. The number of ketones is 4. The van der Waals surface area contributed by atoms with Crippen LogP contribution in [0.2, 0.25) is 0 Å². The Morgan fingerprint density at radius 1 is 0.577 bits per heavy atom. The second kappa shape index (κ2) is 9.31. The number of rotatable bonds is 9. The van der Waals surface area contributed by atoms with Crippen LogP contribution in [0.15, 0.2) is 46.6 Å². The molecular weight excluding hydrogens is 336 g/mol. The van der Waals surface area contributed by atoms with Crippen LogP contribution in [0.1, 0.15) is 26.7 Å². The SMILES string of the molecule is CC1=CC(=O)C(CCOCCOCCC2=CC(=O)C(C)=CC2=O)=CC1=O. The molecule has 0 aromatic heterocycles. The molecule has 6 nitrogen and oxygen atoms in total. The molecule has 0 fully saturated rings. The minimum Gasteiger partial charge on any atom is -0.379 e. The van der Waals surface area contributed by atoms with Gasteiger partial charge < -0.3 is 9.47 Å². The highest BCUT2D eigenvalue weighted by molar-refractivity contribution is 6.20. The smallest absolute Gasteiger partial charge is 0.182 e. The van der Waals surface area contributed by atoms with Crippen molar-refractivity contribution >= 4 is 23.1 Å². The number of ether oxygens (including phenoxy) is 2. The van der Waals surface area contributed by atoms with E-state index in [1.54, 1.807) is 13.8 Å². The lowest BCUT2D eigenvalue weighted by Crippen LogP contribution is -2.15. The Hall–Kier alpha value is -2.44. The fourth-order valence-corrected chi connectivity index (χ4v) is 2.48. The molecule has 0 unspecified atom stereocenters. The van der Waals surface area contributed by atoms with E-state index >= 15 is 0 Å². The maximum absolute atomic E-state index is 11.7. The summed E-state index contributed by atoms with van der Waals surface area (Å²) in [5.74, 6) is -0.576. The van der Waals surface area contributed by atoms with Gasteiger partial charge in [-0.2, -0.15) is 0 Å². The van der Waals surface area contributed by atoms with Gasteiger partial charge in [0.05, 0.1) is 26.4 Å². The molecule has 0 aromatic carbocycles. The van der Waals surface area contributed by atoms with Crippen LogP contribution in [0.25, 0.3) is 0 Å². The van der Waals surface area contributed by atoms with E-state index in [4.69, 9.17) is 9.47 Å². The Morgan fingerprint density at radius 2 is 0.962 bits per heavy atom. The van der Waals surface area contributed by atoms with E-state index in [-0.39, 0.29) is 23.1 Å². The fraction of sp³-hybridized carbons (Fsp3) is 0.400. The Kier molecular flexibility index (Phi) is 7.12. The molecule has 0 spiro atoms. The largest absolute Gasteiger partial charge is 0.379 e. The van der Waals surface area contributed by atoms with Gasteiger partial charge in [0.15, 0.2) is 23.1 Å². The van der Waals surface area contributed by atoms with Crippen molar-refractivity contribution in [1.82, 2.24) is 0 Å². The van der Waals surface area contributed by atoms with Crippen molar-refractivity contribution in [3.8, 4) is 0 Å². The van der Waals surface area contributed by atoms with Crippen LogP contribution in [0.3, 0.4) is 0 Å². The molecule has 0 radical (unpaired) electrons. The zero-order chi connectivity index (χ0) is 19.1. The molecule has 0 aliphatic heterocycles. The van der Waals surface area contributed by atoms with Crippen molar-refractivity contribution < 1.29 is 28.7 Å². The van der Waals surface area contributed by atoms with Crippen molar-refractivity contribution in [3.05, 3.63) is 46.6 Å². The van der Waals surface area contributed by atoms with Crippen LogP contribution in [0.4, 0.5) is 0 Å². The van der Waals surface area contributed by atoms with Gasteiger partial charge in [-0.15, -0.1) is 0 Å². The standard InChI is InChI=1S/C20H22O6/c1-13-9-19(23)15(11-17(13)21)3-5-25-7-8-26-6-4-16-12-18(22)14(2)10-20(16)24/h9-12H,3-8H2,1-2H3. The van der Waals surface area contributed by atoms with Crippen LogP contribution in [-0.4, -0.2) is 49.6 Å². The van der Waals surface area contributed by atoms with E-state index in [1.807, 2.05) is 0 Å². The molecule has 0 saturated carbocycles. The normalized spacial score (nSPS) is 17.8. The predicted molar refractivity (Wildman–Crippen MR) is 94.6 cm³/mol. The zero-order valence-electron chi connectivity index (χ0n) is 15.0. The summed E-state index contributed by atoms with van der Waals surface area (Å²) in [6.45, 7) is 4.56. The van der Waals surface area contributed by atoms with Gasteiger partial charge in [0, 0.05) is 22.3 Å². The monoisotopic (exact) mass is 358 g/mol. The van der Waals surface area contributed by atoms with Gasteiger partial charge in [-0.25, -0.2) is 0 Å². The van der Waals surface area contributed by atoms with Gasteiger partial charge in [0.25, 0.3) is 0 Å². The van der Waals surface area contributed by atoms with Crippen molar-refractivity contribution in [2.45, 2.75) is 26.7 Å². The molecule has 0 amide bonds. The van der Waals surface area contributed by atoms with Crippen LogP contribution in [0, 0.1) is 0 Å². The predicted octanol–water partition coefficient (Wildman–Crippen LogP) is 1.85. The summed E-state index contributed by atoms with van der Waals surface area (Å²) < 4.78 is 10.8. The minimum absolute atomic E-state index is 0.141. The average Bonchev–Trinajstić information content (AvgIpc) is 2.58. The summed E-state index contributed by atoms with van der Waals surface area (Å²) in [7, 11) is 0. The number of carbonyl (C=O) groups excluding carboxylic acids is 4. The van der Waals surface area contributed by atoms with Crippen molar-refractivity contribution in [1.29, 1.82) is 0 Å². The first-order valence-corrected chi connectivity index (χ1v) is 8.49. The summed E-state index contributed by atoms with van der Waals surface area (Å²) >= 11 is 0. The number of allylic oxidation sites excluding steroid dienone is 6. The van der Waals surface area contributed by atoms with Crippen molar-refractivity contribution in [2.24, 2.45) is 0 Å². The van der Waals surface area contributed by atoms with E-state index in [1.165, 1.54) is 24.3 Å². The second-order valence-electron chi connectivity index (χ2n) is 6.18. The highest BCUT2D eigenvalue weighted by Gasteiger charge is 2.17. The first kappa shape index (κ1) is 19.9. The van der Waals surface area contributed by atoms with E-state index in [0.717, 1.165) is 0 Å². The average molecular weight is 358 g/mol. The van der Waals surface area contributed by atoms with Crippen molar-refractivity contribution in [3.63, 3.8) is 0 Å². The van der Waals surface area contributed by atoms with Gasteiger partial charge >= 0.3 is 0 Å². The summed E-state index contributed by atoms with van der Waals surface area (Å²) in [5.41, 5.74) is 1.81. The quantitative estimate of drug-likeness (QED) is 0.462. The maximum Gasteiger partial charge on any atom is 0.182 e. The highest BCUT2D eigenvalue weighted by Crippen LogP contribution is 2.15. The number of carbonyl (C=O) groups is 4. The van der Waals surface area contributed by atoms with Gasteiger partial charge in [0.2, 0.25) is 0 Å². The molecule has 0 heterocycles. The minimum atomic E-state index is -0.147. The third-order valence-electron chi connectivity index (χ3n) is 4.12. The fourth-order valence-electron chi connectivity index (χ4n) is 2.48. The van der Waals surface area contributed by atoms with Gasteiger partial charge in [-0.3, -0.25) is 19.2 Å². The summed E-state index contributed by atoms with van der Waals surface area (Å²) in [5, 5.41) is 0. The van der Waals surface area contributed by atoms with Crippen LogP contribution in [-0.2, 0) is 28.7 Å². The van der Waals surface area contributed by atoms with Crippen LogP contribution < -0.4 is 0 Å². The molecule has 0 saturated heterocycles. The lowest BCUT2D eigenvalue weighted by Gasteiger charge is -2.11. The summed E-state index contributed by atoms with van der Waals surface area (Å²) in [6.07, 6.45) is 6.19. The maximum atomic E-state index is 11.7. The van der Waals surface area contributed by atoms with Gasteiger partial charge in [-0.1, -0.05) is 0 Å². The van der Waals surface area contributed by atoms with Crippen LogP contribution >= 0.6 is 0 Å². The Balaban J connectivity index is 1.57. The molecule has 26 heavy (non-hydrogen) atoms. The summed E-state index contributed by atoms with van der Waals surface area (Å²) in [6, 6.07) is 0. The molecule has 2 aliphatic carbocycles. The van der Waals surface area contributed by atoms with E-state index in [9.17, 15) is 19.2 Å². The molecule has 0 bridgehead atoms. The Morgan fingerprint density at radius 3 is 1.35 bits per heavy atom. The molecule has 0 N–H and O–H groups in total. The third kappa shape index (κ3) is 5.54. The lowest BCUT2D eigenvalue weighted by molar-refractivity contribution is -0.115. The van der Waals surface area contributed by atoms with E-state index in [2.05, 4.69) is 0 Å². The molecule has 2 aliphatic rings. The molecule has 0 aromatic rings. The number of hydrogen-bond acceptors (Lipinski definition) is 6. The zero-order valence-corrected chi connectivity index (χ0v) is 15.0. The summed E-state index contributed by atoms with van der Waals surface area (Å²) in [4.78, 5) is 46.6. The first-order chi connectivity index (χ1) is 12.4. The topological polar surface area (TPSA) is 86.7 Å². The lowest BCUT2D eigenvalue weighted by atomic mass is 9.96. The second-order valence-corrected chi connectivity index (χ2v) is 6.18. The molecular formula is C20H22O6. The Labute approximate surface area is 152 Å². The molecule has 2 rings (SSSR count). The molecule has 0 atom stereocenters. The van der Waals surface area contributed by atoms with Gasteiger partial charge in [-0.05, 0) is 51.0 Å². The van der Waals surface area contributed by atoms with Gasteiger partial charge in [0.1, 0.15) is 0 Å².